The molecule has 0 unspecified atom stereocenters. The normalized spacial score (nSPS) is 12.1. The molecule has 0 saturated heterocycles. The maximum atomic E-state index is 11.1. The van der Waals surface area contributed by atoms with E-state index >= 15 is 0 Å². The molecule has 5 nitrogen and oxygen atoms in total. The average Bonchev–Trinajstić information content (AvgIpc) is 2.73. The zero-order valence-corrected chi connectivity index (χ0v) is 11.5. The molecule has 2 aromatic heterocycles. The number of aliphatic carboxylic acids is 1. The van der Waals surface area contributed by atoms with Crippen LogP contribution in [0.3, 0.4) is 0 Å². The van der Waals surface area contributed by atoms with Gasteiger partial charge in [-0.1, -0.05) is 13.8 Å². The number of fused-ring (bicyclic) bond motifs is 1. The van der Waals surface area contributed by atoms with Crippen molar-refractivity contribution in [2.75, 3.05) is 0 Å². The third-order valence-corrected chi connectivity index (χ3v) is 2.94. The van der Waals surface area contributed by atoms with Crippen LogP contribution in [0.5, 0.6) is 5.75 Å². The summed E-state index contributed by atoms with van der Waals surface area (Å²) >= 11 is 0. The predicted octanol–water partition coefficient (Wildman–Crippen LogP) is 2.70. The van der Waals surface area contributed by atoms with Crippen molar-refractivity contribution in [2.45, 2.75) is 39.2 Å². The number of hydrogen-bond acceptors (Lipinski definition) is 3. The van der Waals surface area contributed by atoms with Crippen LogP contribution >= 0.6 is 0 Å². The Labute approximate surface area is 111 Å². The quantitative estimate of drug-likeness (QED) is 0.920. The van der Waals surface area contributed by atoms with Crippen LogP contribution in [-0.2, 0) is 4.79 Å². The van der Waals surface area contributed by atoms with Crippen molar-refractivity contribution < 1.29 is 14.6 Å². The molecule has 0 bridgehead atoms. The van der Waals surface area contributed by atoms with Gasteiger partial charge < -0.3 is 14.2 Å². The first kappa shape index (κ1) is 13.4. The van der Waals surface area contributed by atoms with E-state index in [0.29, 0.717) is 17.3 Å². The van der Waals surface area contributed by atoms with Gasteiger partial charge in [0.15, 0.2) is 17.0 Å². The molecule has 0 aliphatic rings. The lowest BCUT2D eigenvalue weighted by Crippen LogP contribution is -2.38. The Kier molecular flexibility index (Phi) is 3.22. The highest BCUT2D eigenvalue weighted by molar-refractivity contribution is 5.77. The van der Waals surface area contributed by atoms with Crippen LogP contribution in [0.25, 0.3) is 5.65 Å². The number of hydrogen-bond donors (Lipinski definition) is 1. The second-order valence-electron chi connectivity index (χ2n) is 5.34. The Morgan fingerprint density at radius 2 is 2.16 bits per heavy atom. The van der Waals surface area contributed by atoms with Gasteiger partial charge in [-0.25, -0.2) is 9.78 Å². The highest BCUT2D eigenvalue weighted by Gasteiger charge is 2.30. The zero-order valence-electron chi connectivity index (χ0n) is 11.5. The molecular weight excluding hydrogens is 244 g/mol. The van der Waals surface area contributed by atoms with Gasteiger partial charge in [0.25, 0.3) is 0 Å². The highest BCUT2D eigenvalue weighted by atomic mass is 16.5. The summed E-state index contributed by atoms with van der Waals surface area (Å²) in [7, 11) is 0. The number of imidazole rings is 1. The fourth-order valence-electron chi connectivity index (χ4n) is 1.68. The van der Waals surface area contributed by atoms with E-state index in [-0.39, 0.29) is 0 Å². The molecule has 2 aromatic rings. The molecule has 2 heterocycles. The van der Waals surface area contributed by atoms with Gasteiger partial charge in [-0.2, -0.15) is 0 Å². The van der Waals surface area contributed by atoms with Gasteiger partial charge in [-0.05, 0) is 31.9 Å². The van der Waals surface area contributed by atoms with Gasteiger partial charge in [0.1, 0.15) is 0 Å². The number of carboxylic acid groups (broad SMARTS) is 1. The molecule has 5 heteroatoms. The first-order valence-electron chi connectivity index (χ1n) is 6.21. The fourth-order valence-corrected chi connectivity index (χ4v) is 1.68. The number of carbonyl (C=O) groups is 1. The first-order valence-corrected chi connectivity index (χ1v) is 6.21. The largest absolute Gasteiger partial charge is 0.478 e. The molecule has 102 valence electrons. The molecule has 0 spiro atoms. The SMILES string of the molecule is CC(C)c1cn2cccc(OC(C)(C)C(=O)O)c2n1. The van der Waals surface area contributed by atoms with E-state index in [2.05, 4.69) is 18.8 Å². The van der Waals surface area contributed by atoms with Crippen molar-refractivity contribution in [1.29, 1.82) is 0 Å². The predicted molar refractivity (Wildman–Crippen MR) is 71.6 cm³/mol. The summed E-state index contributed by atoms with van der Waals surface area (Å²) in [5.74, 6) is -0.229. The van der Waals surface area contributed by atoms with Gasteiger partial charge in [-0.3, -0.25) is 0 Å². The van der Waals surface area contributed by atoms with Crippen molar-refractivity contribution in [3.8, 4) is 5.75 Å². The topological polar surface area (TPSA) is 63.8 Å². The van der Waals surface area contributed by atoms with Crippen LogP contribution < -0.4 is 4.74 Å². The molecule has 0 radical (unpaired) electrons. The molecule has 0 aromatic carbocycles. The van der Waals surface area contributed by atoms with Crippen molar-refractivity contribution in [3.05, 3.63) is 30.2 Å². The second-order valence-corrected chi connectivity index (χ2v) is 5.34. The lowest BCUT2D eigenvalue weighted by molar-refractivity contribution is -0.152. The smallest absolute Gasteiger partial charge is 0.347 e. The Balaban J connectivity index is 2.46. The van der Waals surface area contributed by atoms with E-state index in [0.717, 1.165) is 5.69 Å². The van der Waals surface area contributed by atoms with E-state index in [1.54, 1.807) is 6.07 Å². The Bertz CT molecular complexity index is 614. The summed E-state index contributed by atoms with van der Waals surface area (Å²) in [6.45, 7) is 7.16. The Morgan fingerprint density at radius 3 is 2.74 bits per heavy atom. The zero-order chi connectivity index (χ0) is 14.2. The third-order valence-electron chi connectivity index (χ3n) is 2.94. The molecule has 0 amide bonds. The standard InChI is InChI=1S/C14H18N2O3/c1-9(2)10-8-16-7-5-6-11(12(16)15-10)19-14(3,4)13(17)18/h5-9H,1-4H3,(H,17,18). The Hall–Kier alpha value is -2.04. The molecule has 1 N–H and O–H groups in total. The number of aromatic nitrogens is 2. The maximum absolute atomic E-state index is 11.1. The van der Waals surface area contributed by atoms with Crippen LogP contribution in [0, 0.1) is 0 Å². The van der Waals surface area contributed by atoms with Crippen LogP contribution in [-0.4, -0.2) is 26.1 Å². The van der Waals surface area contributed by atoms with Gasteiger partial charge >= 0.3 is 5.97 Å². The van der Waals surface area contributed by atoms with Crippen molar-refractivity contribution in [1.82, 2.24) is 9.38 Å². The fraction of sp³-hybridized carbons (Fsp3) is 0.429. The molecular formula is C14H18N2O3. The molecule has 0 saturated carbocycles. The van der Waals surface area contributed by atoms with Gasteiger partial charge in [0.05, 0.1) is 5.69 Å². The van der Waals surface area contributed by atoms with Crippen LogP contribution in [0.2, 0.25) is 0 Å². The highest BCUT2D eigenvalue weighted by Crippen LogP contribution is 2.25. The van der Waals surface area contributed by atoms with Gasteiger partial charge in [0.2, 0.25) is 0 Å². The van der Waals surface area contributed by atoms with E-state index in [1.807, 2.05) is 22.9 Å². The van der Waals surface area contributed by atoms with Gasteiger partial charge in [-0.15, -0.1) is 0 Å². The minimum absolute atomic E-state index is 0.306. The molecule has 0 fully saturated rings. The van der Waals surface area contributed by atoms with E-state index in [9.17, 15) is 4.79 Å². The summed E-state index contributed by atoms with van der Waals surface area (Å²) in [6.07, 6.45) is 3.80. The van der Waals surface area contributed by atoms with E-state index in [4.69, 9.17) is 9.84 Å². The first-order chi connectivity index (χ1) is 8.81. The second kappa shape index (κ2) is 4.57. The number of ether oxygens (including phenoxy) is 1. The third kappa shape index (κ3) is 2.54. The number of rotatable bonds is 4. The molecule has 0 atom stereocenters. The minimum Gasteiger partial charge on any atom is -0.478 e. The lowest BCUT2D eigenvalue weighted by Gasteiger charge is -2.21. The van der Waals surface area contributed by atoms with Crippen molar-refractivity contribution >= 4 is 11.6 Å². The summed E-state index contributed by atoms with van der Waals surface area (Å²) in [5.41, 5.74) is 0.302. The number of carboxylic acids is 1. The van der Waals surface area contributed by atoms with E-state index in [1.165, 1.54) is 13.8 Å². The molecule has 19 heavy (non-hydrogen) atoms. The summed E-state index contributed by atoms with van der Waals surface area (Å²) in [5, 5.41) is 9.12. The minimum atomic E-state index is -1.29. The number of pyridine rings is 1. The van der Waals surface area contributed by atoms with Crippen LogP contribution in [0.15, 0.2) is 24.5 Å². The molecule has 0 aliphatic heterocycles. The maximum Gasteiger partial charge on any atom is 0.347 e. The Morgan fingerprint density at radius 1 is 1.47 bits per heavy atom. The number of nitrogens with zero attached hydrogens (tertiary/aromatic N) is 2. The van der Waals surface area contributed by atoms with Gasteiger partial charge in [0, 0.05) is 12.4 Å². The monoisotopic (exact) mass is 262 g/mol. The molecule has 2 rings (SSSR count). The summed E-state index contributed by atoms with van der Waals surface area (Å²) in [6, 6.07) is 3.54. The average molecular weight is 262 g/mol. The van der Waals surface area contributed by atoms with E-state index < -0.39 is 11.6 Å². The molecule has 0 aliphatic carbocycles. The lowest BCUT2D eigenvalue weighted by atomic mass is 10.1. The summed E-state index contributed by atoms with van der Waals surface area (Å²) in [4.78, 5) is 15.6. The van der Waals surface area contributed by atoms with Crippen LogP contribution in [0.1, 0.15) is 39.3 Å². The summed E-state index contributed by atoms with van der Waals surface area (Å²) < 4.78 is 7.44. The van der Waals surface area contributed by atoms with Crippen molar-refractivity contribution in [3.63, 3.8) is 0 Å². The van der Waals surface area contributed by atoms with Crippen molar-refractivity contribution in [2.24, 2.45) is 0 Å². The van der Waals surface area contributed by atoms with Crippen LogP contribution in [0.4, 0.5) is 0 Å².